The second-order valence-corrected chi connectivity index (χ2v) is 15.3. The zero-order valence-corrected chi connectivity index (χ0v) is 31.5. The average Bonchev–Trinajstić information content (AvgIpc) is 3.16. The summed E-state index contributed by atoms with van der Waals surface area (Å²) >= 11 is 13.7. The first kappa shape index (κ1) is 36.9. The molecule has 53 heavy (non-hydrogen) atoms. The number of rotatable bonds is 9. The van der Waals surface area contributed by atoms with Gasteiger partial charge in [0.25, 0.3) is 5.56 Å². The van der Waals surface area contributed by atoms with E-state index in [1.807, 2.05) is 47.5 Å². The van der Waals surface area contributed by atoms with E-state index in [1.165, 1.54) is 0 Å². The highest BCUT2D eigenvalue weighted by Gasteiger charge is 2.30. The summed E-state index contributed by atoms with van der Waals surface area (Å²) in [4.78, 5) is 58.1. The third kappa shape index (κ3) is 8.07. The van der Waals surface area contributed by atoms with E-state index < -0.39 is 6.04 Å². The second-order valence-electron chi connectivity index (χ2n) is 14.5. The topological polar surface area (TPSA) is 126 Å². The van der Waals surface area contributed by atoms with Crippen LogP contribution in [0.3, 0.4) is 0 Å². The SMILES string of the molecule is COc1cc(-c2cn(C)c(=O)c3cnccc23)cc(Cl)c1CC1CCN(CC(=O)N2CCC(c3ccc(NC4CCC(=O)NC4=O)cc3Cl)CC2)CC1. The molecule has 3 amide bonds. The van der Waals surface area contributed by atoms with Crippen LogP contribution in [0.4, 0.5) is 5.69 Å². The Morgan fingerprint density at radius 1 is 0.962 bits per heavy atom. The normalized spacial score (nSPS) is 19.0. The number of benzene rings is 2. The van der Waals surface area contributed by atoms with Crippen LogP contribution in [0.1, 0.15) is 55.6 Å². The van der Waals surface area contributed by atoms with Crippen molar-refractivity contribution in [2.45, 2.75) is 56.9 Å². The summed E-state index contributed by atoms with van der Waals surface area (Å²) in [5.41, 5.74) is 4.44. The minimum atomic E-state index is -0.463. The third-order valence-corrected chi connectivity index (χ3v) is 11.8. The van der Waals surface area contributed by atoms with E-state index >= 15 is 0 Å². The van der Waals surface area contributed by atoms with E-state index in [0.29, 0.717) is 53.8 Å². The number of hydrogen-bond acceptors (Lipinski definition) is 8. The van der Waals surface area contributed by atoms with E-state index in [-0.39, 0.29) is 29.2 Å². The molecule has 0 saturated carbocycles. The minimum absolute atomic E-state index is 0.100. The molecule has 1 atom stereocenters. The van der Waals surface area contributed by atoms with Crippen molar-refractivity contribution in [3.05, 3.63) is 86.5 Å². The lowest BCUT2D eigenvalue weighted by Crippen LogP contribution is -2.47. The highest BCUT2D eigenvalue weighted by molar-refractivity contribution is 6.32. The number of carbonyl (C=O) groups is 3. The van der Waals surface area contributed by atoms with Crippen molar-refractivity contribution in [1.82, 2.24) is 24.7 Å². The number of aryl methyl sites for hydroxylation is 1. The standard InChI is InChI=1S/C40H44Cl2N6O5/c1-46-22-32(29-7-12-43-21-31(29)40(46)52)26-18-33(41)30(36(19-26)53-2)17-24-8-13-47(14-9-24)23-38(50)48-15-10-25(11-16-48)28-4-3-27(20-34(28)42)44-35-5-6-37(49)45-39(35)51/h3-4,7,12,18-22,24-25,35,44H,5-6,8-11,13-17,23H2,1-2H3,(H,45,49,51). The lowest BCUT2D eigenvalue weighted by Gasteiger charge is -2.36. The van der Waals surface area contributed by atoms with Crippen molar-refractivity contribution < 1.29 is 19.1 Å². The summed E-state index contributed by atoms with van der Waals surface area (Å²) in [6.45, 7) is 3.48. The van der Waals surface area contributed by atoms with Crippen LogP contribution in [-0.4, -0.2) is 82.9 Å². The number of pyridine rings is 2. The summed E-state index contributed by atoms with van der Waals surface area (Å²) in [5, 5.41) is 8.21. The van der Waals surface area contributed by atoms with Crippen LogP contribution in [-0.2, 0) is 27.9 Å². The predicted octanol–water partition coefficient (Wildman–Crippen LogP) is 5.79. The van der Waals surface area contributed by atoms with E-state index in [2.05, 4.69) is 20.5 Å². The molecule has 2 N–H and O–H groups in total. The van der Waals surface area contributed by atoms with Crippen LogP contribution in [0.2, 0.25) is 10.0 Å². The van der Waals surface area contributed by atoms with E-state index in [1.54, 1.807) is 31.1 Å². The zero-order valence-electron chi connectivity index (χ0n) is 30.0. The summed E-state index contributed by atoms with van der Waals surface area (Å²) in [7, 11) is 3.40. The van der Waals surface area contributed by atoms with Gasteiger partial charge in [0.15, 0.2) is 0 Å². The van der Waals surface area contributed by atoms with E-state index in [4.69, 9.17) is 27.9 Å². The van der Waals surface area contributed by atoms with Gasteiger partial charge in [0.1, 0.15) is 11.8 Å². The van der Waals surface area contributed by atoms with Gasteiger partial charge in [0.05, 0.1) is 19.0 Å². The number of nitrogens with one attached hydrogen (secondary N) is 2. The molecule has 3 saturated heterocycles. The molecule has 3 fully saturated rings. The fourth-order valence-electron chi connectivity index (χ4n) is 8.04. The maximum Gasteiger partial charge on any atom is 0.259 e. The quantitative estimate of drug-likeness (QED) is 0.206. The molecule has 13 heteroatoms. The number of likely N-dealkylation sites (tertiary alicyclic amines) is 2. The van der Waals surface area contributed by atoms with Crippen LogP contribution in [0.5, 0.6) is 5.75 Å². The van der Waals surface area contributed by atoms with Gasteiger partial charge < -0.3 is 19.5 Å². The number of halogens is 2. The molecule has 7 rings (SSSR count). The first-order valence-electron chi connectivity index (χ1n) is 18.3. The van der Waals surface area contributed by atoms with Crippen LogP contribution >= 0.6 is 23.2 Å². The van der Waals surface area contributed by atoms with Crippen LogP contribution < -0.4 is 20.9 Å². The fourth-order valence-corrected chi connectivity index (χ4v) is 8.66. The number of anilines is 1. The lowest BCUT2D eigenvalue weighted by atomic mass is 9.88. The number of amides is 3. The maximum atomic E-state index is 13.4. The molecule has 3 aliphatic rings. The molecule has 5 heterocycles. The number of ether oxygens (including phenoxy) is 1. The maximum absolute atomic E-state index is 13.4. The number of nitrogens with zero attached hydrogens (tertiary/aromatic N) is 4. The number of fused-ring (bicyclic) bond motifs is 1. The Labute approximate surface area is 318 Å². The number of methoxy groups -OCH3 is 1. The third-order valence-electron chi connectivity index (χ3n) is 11.1. The van der Waals surface area contributed by atoms with E-state index in [9.17, 15) is 19.2 Å². The molecule has 3 aliphatic heterocycles. The predicted molar refractivity (Wildman–Crippen MR) is 207 cm³/mol. The number of imide groups is 1. The second kappa shape index (κ2) is 15.9. The summed E-state index contributed by atoms with van der Waals surface area (Å²) in [6, 6.07) is 11.1. The number of carbonyl (C=O) groups excluding carboxylic acids is 3. The van der Waals surface area contributed by atoms with Crippen LogP contribution in [0, 0.1) is 5.92 Å². The molecule has 0 bridgehead atoms. The molecule has 2 aromatic heterocycles. The van der Waals surface area contributed by atoms with Gasteiger partial charge in [-0.1, -0.05) is 29.3 Å². The highest BCUT2D eigenvalue weighted by atomic mass is 35.5. The Balaban J connectivity index is 0.903. The van der Waals surface area contributed by atoms with Crippen molar-refractivity contribution in [1.29, 1.82) is 0 Å². The van der Waals surface area contributed by atoms with Crippen molar-refractivity contribution >= 4 is 57.4 Å². The minimum Gasteiger partial charge on any atom is -0.496 e. The zero-order chi connectivity index (χ0) is 37.2. The van der Waals surface area contributed by atoms with Crippen LogP contribution in [0.25, 0.3) is 21.9 Å². The monoisotopic (exact) mass is 758 g/mol. The molecular formula is C40H44Cl2N6O5. The van der Waals surface area contributed by atoms with Crippen molar-refractivity contribution in [2.75, 3.05) is 45.2 Å². The number of aromatic nitrogens is 2. The number of hydrogen-bond donors (Lipinski definition) is 2. The van der Waals surface area contributed by atoms with Gasteiger partial charge in [0.2, 0.25) is 17.7 Å². The smallest absolute Gasteiger partial charge is 0.259 e. The van der Waals surface area contributed by atoms with E-state index in [0.717, 1.165) is 84.3 Å². The van der Waals surface area contributed by atoms with Gasteiger partial charge in [-0.2, -0.15) is 0 Å². The van der Waals surface area contributed by atoms with Gasteiger partial charge in [-0.05, 0) is 110 Å². The number of piperidine rings is 3. The average molecular weight is 760 g/mol. The molecular weight excluding hydrogens is 715 g/mol. The molecule has 0 aliphatic carbocycles. The van der Waals surface area contributed by atoms with Crippen molar-refractivity contribution in [2.24, 2.45) is 13.0 Å². The summed E-state index contributed by atoms with van der Waals surface area (Å²) < 4.78 is 7.43. The summed E-state index contributed by atoms with van der Waals surface area (Å²) in [6.07, 6.45) is 10.3. The van der Waals surface area contributed by atoms with Crippen LogP contribution in [0.15, 0.2) is 59.8 Å². The molecule has 4 aromatic rings. The Kier molecular flexibility index (Phi) is 11.1. The fraction of sp³-hybridized carbons (Fsp3) is 0.425. The van der Waals surface area contributed by atoms with Gasteiger partial charge in [-0.15, -0.1) is 0 Å². The molecule has 278 valence electrons. The Hall–Kier alpha value is -4.45. The highest BCUT2D eigenvalue weighted by Crippen LogP contribution is 2.39. The van der Waals surface area contributed by atoms with Gasteiger partial charge in [0, 0.05) is 72.0 Å². The first-order chi connectivity index (χ1) is 25.6. The molecule has 11 nitrogen and oxygen atoms in total. The largest absolute Gasteiger partial charge is 0.496 e. The Morgan fingerprint density at radius 2 is 1.74 bits per heavy atom. The van der Waals surface area contributed by atoms with Gasteiger partial charge in [-0.25, -0.2) is 0 Å². The molecule has 1 unspecified atom stereocenters. The van der Waals surface area contributed by atoms with Gasteiger partial charge >= 0.3 is 0 Å². The molecule has 2 aromatic carbocycles. The van der Waals surface area contributed by atoms with Gasteiger partial charge in [-0.3, -0.25) is 34.4 Å². The summed E-state index contributed by atoms with van der Waals surface area (Å²) in [5.74, 6) is 0.996. The molecule has 0 radical (unpaired) electrons. The Bertz CT molecular complexity index is 2110. The lowest BCUT2D eigenvalue weighted by molar-refractivity contribution is -0.134. The van der Waals surface area contributed by atoms with Crippen molar-refractivity contribution in [3.8, 4) is 16.9 Å². The molecule has 0 spiro atoms. The first-order valence-corrected chi connectivity index (χ1v) is 19.0. The Morgan fingerprint density at radius 3 is 2.45 bits per heavy atom. The van der Waals surface area contributed by atoms with Crippen molar-refractivity contribution in [3.63, 3.8) is 0 Å².